The molecule has 3 N–H and O–H groups in total. The molecule has 1 heterocycles. The van der Waals surface area contributed by atoms with Crippen molar-refractivity contribution in [3.05, 3.63) is 18.1 Å². The van der Waals surface area contributed by atoms with Crippen molar-refractivity contribution in [3.63, 3.8) is 0 Å². The lowest BCUT2D eigenvalue weighted by Gasteiger charge is -2.39. The van der Waals surface area contributed by atoms with Gasteiger partial charge in [0.05, 0.1) is 24.5 Å². The van der Waals surface area contributed by atoms with Gasteiger partial charge in [-0.15, -0.1) is 0 Å². The largest absolute Gasteiger partial charge is 0.476 e. The third kappa shape index (κ3) is 3.20. The van der Waals surface area contributed by atoms with E-state index < -0.39 is 5.97 Å². The van der Waals surface area contributed by atoms with Crippen LogP contribution in [0.5, 0.6) is 0 Å². The number of hydrogen-bond donors (Lipinski definition) is 3. The Labute approximate surface area is 111 Å². The van der Waals surface area contributed by atoms with E-state index >= 15 is 0 Å². The van der Waals surface area contributed by atoms with Crippen molar-refractivity contribution in [1.82, 2.24) is 9.97 Å². The number of nitrogens with one attached hydrogen (secondary N) is 1. The quantitative estimate of drug-likeness (QED) is 0.764. The van der Waals surface area contributed by atoms with Gasteiger partial charge in [-0.25, -0.2) is 14.8 Å². The van der Waals surface area contributed by atoms with Crippen LogP contribution in [0.1, 0.15) is 43.1 Å². The number of aromatic nitrogens is 2. The zero-order valence-corrected chi connectivity index (χ0v) is 11.0. The standard InChI is InChI=1S/C13H19N3O3/c1-9-2-4-13(8-17,5-3-9)16-11-7-14-10(6-15-11)12(18)19/h6-7,9,17H,2-5,8H2,1H3,(H,15,16)(H,18,19). The third-order valence-electron chi connectivity index (χ3n) is 3.80. The van der Waals surface area contributed by atoms with E-state index in [1.165, 1.54) is 12.4 Å². The predicted octanol–water partition coefficient (Wildman–Crippen LogP) is 1.53. The summed E-state index contributed by atoms with van der Waals surface area (Å²) in [6, 6.07) is 0. The summed E-state index contributed by atoms with van der Waals surface area (Å²) < 4.78 is 0. The summed E-state index contributed by atoms with van der Waals surface area (Å²) in [4.78, 5) is 18.6. The zero-order valence-electron chi connectivity index (χ0n) is 11.0. The monoisotopic (exact) mass is 265 g/mol. The number of rotatable bonds is 4. The Morgan fingerprint density at radius 2 is 2.11 bits per heavy atom. The molecule has 1 aliphatic rings. The summed E-state index contributed by atoms with van der Waals surface area (Å²) in [7, 11) is 0. The molecule has 0 atom stereocenters. The van der Waals surface area contributed by atoms with Crippen molar-refractivity contribution in [2.24, 2.45) is 5.92 Å². The fourth-order valence-corrected chi connectivity index (χ4v) is 2.41. The molecule has 104 valence electrons. The Hall–Kier alpha value is -1.69. The van der Waals surface area contributed by atoms with Gasteiger partial charge in [-0.2, -0.15) is 0 Å². The third-order valence-corrected chi connectivity index (χ3v) is 3.80. The van der Waals surface area contributed by atoms with Gasteiger partial charge in [-0.05, 0) is 31.6 Å². The fourth-order valence-electron chi connectivity index (χ4n) is 2.41. The van der Waals surface area contributed by atoms with E-state index in [1.54, 1.807) is 0 Å². The Balaban J connectivity index is 2.08. The molecule has 1 saturated carbocycles. The van der Waals surface area contributed by atoms with E-state index in [2.05, 4.69) is 22.2 Å². The number of carboxylic acid groups (broad SMARTS) is 1. The smallest absolute Gasteiger partial charge is 0.356 e. The van der Waals surface area contributed by atoms with Crippen molar-refractivity contribution in [1.29, 1.82) is 0 Å². The molecule has 1 aromatic rings. The molecule has 1 aliphatic carbocycles. The molecular weight excluding hydrogens is 246 g/mol. The molecule has 1 aromatic heterocycles. The fraction of sp³-hybridized carbons (Fsp3) is 0.615. The van der Waals surface area contributed by atoms with Gasteiger partial charge < -0.3 is 15.5 Å². The van der Waals surface area contributed by atoms with Gasteiger partial charge in [0, 0.05) is 0 Å². The summed E-state index contributed by atoms with van der Waals surface area (Å²) in [5, 5.41) is 21.6. The van der Waals surface area contributed by atoms with Crippen LogP contribution in [-0.4, -0.2) is 38.3 Å². The first-order valence-corrected chi connectivity index (χ1v) is 6.49. The average Bonchev–Trinajstić information content (AvgIpc) is 2.42. The van der Waals surface area contributed by atoms with E-state index in [0.717, 1.165) is 25.7 Å². The number of hydrogen-bond acceptors (Lipinski definition) is 5. The normalized spacial score (nSPS) is 26.9. The van der Waals surface area contributed by atoms with Crippen LogP contribution >= 0.6 is 0 Å². The van der Waals surface area contributed by atoms with Gasteiger partial charge in [0.15, 0.2) is 5.69 Å². The van der Waals surface area contributed by atoms with E-state index in [-0.39, 0.29) is 17.8 Å². The predicted molar refractivity (Wildman–Crippen MR) is 70.1 cm³/mol. The lowest BCUT2D eigenvalue weighted by Crippen LogP contribution is -2.45. The Morgan fingerprint density at radius 1 is 1.42 bits per heavy atom. The van der Waals surface area contributed by atoms with Crippen LogP contribution in [0.25, 0.3) is 0 Å². The number of aliphatic hydroxyl groups is 1. The molecule has 0 spiro atoms. The first kappa shape index (κ1) is 13.7. The van der Waals surface area contributed by atoms with Crippen molar-refractivity contribution in [2.75, 3.05) is 11.9 Å². The van der Waals surface area contributed by atoms with Gasteiger partial charge >= 0.3 is 5.97 Å². The maximum Gasteiger partial charge on any atom is 0.356 e. The minimum Gasteiger partial charge on any atom is -0.476 e. The van der Waals surface area contributed by atoms with Crippen LogP contribution in [0, 0.1) is 5.92 Å². The Bertz CT molecular complexity index is 439. The summed E-state index contributed by atoms with van der Waals surface area (Å²) >= 11 is 0. The molecule has 0 aliphatic heterocycles. The number of nitrogens with zero attached hydrogens (tertiary/aromatic N) is 2. The number of carbonyl (C=O) groups is 1. The molecule has 0 amide bonds. The van der Waals surface area contributed by atoms with E-state index in [9.17, 15) is 9.90 Å². The average molecular weight is 265 g/mol. The highest BCUT2D eigenvalue weighted by Crippen LogP contribution is 2.33. The molecule has 2 rings (SSSR count). The van der Waals surface area contributed by atoms with Gasteiger partial charge in [0.25, 0.3) is 0 Å². The highest BCUT2D eigenvalue weighted by atomic mass is 16.4. The molecule has 19 heavy (non-hydrogen) atoms. The zero-order chi connectivity index (χ0) is 13.9. The van der Waals surface area contributed by atoms with Crippen LogP contribution in [0.3, 0.4) is 0 Å². The number of anilines is 1. The summed E-state index contributed by atoms with van der Waals surface area (Å²) in [5.74, 6) is 0.0953. The topological polar surface area (TPSA) is 95.3 Å². The lowest BCUT2D eigenvalue weighted by molar-refractivity contribution is 0.0690. The van der Waals surface area contributed by atoms with Crippen LogP contribution in [0.2, 0.25) is 0 Å². The molecule has 6 nitrogen and oxygen atoms in total. The second kappa shape index (κ2) is 5.52. The second-order valence-corrected chi connectivity index (χ2v) is 5.34. The van der Waals surface area contributed by atoms with Crippen molar-refractivity contribution in [2.45, 2.75) is 38.1 Å². The van der Waals surface area contributed by atoms with Gasteiger partial charge in [-0.3, -0.25) is 0 Å². The molecular formula is C13H19N3O3. The van der Waals surface area contributed by atoms with Crippen LogP contribution in [0.4, 0.5) is 5.82 Å². The number of carboxylic acids is 1. The maximum atomic E-state index is 10.7. The highest BCUT2D eigenvalue weighted by Gasteiger charge is 2.33. The van der Waals surface area contributed by atoms with Crippen molar-refractivity contribution < 1.29 is 15.0 Å². The van der Waals surface area contributed by atoms with E-state index in [0.29, 0.717) is 11.7 Å². The first-order chi connectivity index (χ1) is 9.04. The maximum absolute atomic E-state index is 10.7. The van der Waals surface area contributed by atoms with Crippen LogP contribution < -0.4 is 5.32 Å². The molecule has 6 heteroatoms. The van der Waals surface area contributed by atoms with Crippen LogP contribution in [0.15, 0.2) is 12.4 Å². The minimum atomic E-state index is -1.09. The summed E-state index contributed by atoms with van der Waals surface area (Å²) in [6.07, 6.45) is 6.52. The van der Waals surface area contributed by atoms with Gasteiger partial charge in [0.1, 0.15) is 5.82 Å². The minimum absolute atomic E-state index is 0.0437. The molecule has 0 saturated heterocycles. The molecule has 0 aromatic carbocycles. The molecule has 0 unspecified atom stereocenters. The first-order valence-electron chi connectivity index (χ1n) is 6.49. The number of aliphatic hydroxyl groups excluding tert-OH is 1. The van der Waals surface area contributed by atoms with Crippen molar-refractivity contribution >= 4 is 11.8 Å². The summed E-state index contributed by atoms with van der Waals surface area (Å²) in [6.45, 7) is 2.25. The lowest BCUT2D eigenvalue weighted by atomic mass is 9.77. The summed E-state index contributed by atoms with van der Waals surface area (Å²) in [5.41, 5.74) is -0.438. The van der Waals surface area contributed by atoms with Gasteiger partial charge in [-0.1, -0.05) is 6.92 Å². The van der Waals surface area contributed by atoms with E-state index in [4.69, 9.17) is 5.11 Å². The van der Waals surface area contributed by atoms with E-state index in [1.807, 2.05) is 0 Å². The molecule has 1 fully saturated rings. The second-order valence-electron chi connectivity index (χ2n) is 5.34. The highest BCUT2D eigenvalue weighted by molar-refractivity contribution is 5.84. The Kier molecular flexibility index (Phi) is 3.99. The number of aromatic carboxylic acids is 1. The molecule has 0 radical (unpaired) electrons. The Morgan fingerprint density at radius 3 is 2.58 bits per heavy atom. The van der Waals surface area contributed by atoms with Gasteiger partial charge in [0.2, 0.25) is 0 Å². The SMILES string of the molecule is CC1CCC(CO)(Nc2cnc(C(=O)O)cn2)CC1. The van der Waals surface area contributed by atoms with Crippen molar-refractivity contribution in [3.8, 4) is 0 Å². The molecule has 0 bridgehead atoms. The van der Waals surface area contributed by atoms with Crippen LogP contribution in [-0.2, 0) is 0 Å².